The van der Waals surface area contributed by atoms with Gasteiger partial charge < -0.3 is 10.1 Å². The van der Waals surface area contributed by atoms with Crippen LogP contribution in [0, 0.1) is 0 Å². The Kier molecular flexibility index (Phi) is 4.45. The fourth-order valence-electron chi connectivity index (χ4n) is 2.35. The van der Waals surface area contributed by atoms with Crippen molar-refractivity contribution in [2.24, 2.45) is 0 Å². The van der Waals surface area contributed by atoms with Gasteiger partial charge in [0.25, 0.3) is 5.91 Å². The second-order valence-electron chi connectivity index (χ2n) is 5.21. The maximum absolute atomic E-state index is 12.8. The van der Waals surface area contributed by atoms with Gasteiger partial charge >= 0.3 is 6.18 Å². The number of carbonyl (C=O) groups is 1. The van der Waals surface area contributed by atoms with E-state index in [1.165, 1.54) is 12.1 Å². The molecule has 0 aliphatic carbocycles. The van der Waals surface area contributed by atoms with Crippen LogP contribution in [0.25, 0.3) is 0 Å². The third-order valence-corrected chi connectivity index (χ3v) is 6.10. The van der Waals surface area contributed by atoms with Crippen LogP contribution in [0.4, 0.5) is 13.2 Å². The Labute approximate surface area is 144 Å². The number of amides is 1. The van der Waals surface area contributed by atoms with E-state index in [4.69, 9.17) is 4.74 Å². The molecule has 11 heteroatoms. The Bertz CT molecular complexity index is 909. The predicted octanol–water partition coefficient (Wildman–Crippen LogP) is 2.13. The summed E-state index contributed by atoms with van der Waals surface area (Å²) < 4.78 is 68.3. The highest BCUT2D eigenvalue weighted by molar-refractivity contribution is 7.91. The fraction of sp³-hybridized carbons (Fsp3) is 0.286. The molecule has 0 spiro atoms. The van der Waals surface area contributed by atoms with E-state index in [2.05, 4.69) is 10.3 Å². The number of fused-ring (bicyclic) bond motifs is 1. The molecule has 0 saturated carbocycles. The van der Waals surface area contributed by atoms with Gasteiger partial charge in [0.15, 0.2) is 15.5 Å². The molecule has 1 aromatic carbocycles. The predicted molar refractivity (Wildman–Crippen MR) is 82.4 cm³/mol. The van der Waals surface area contributed by atoms with E-state index in [0.717, 1.165) is 5.51 Å². The van der Waals surface area contributed by atoms with Crippen molar-refractivity contribution in [1.82, 2.24) is 10.3 Å². The van der Waals surface area contributed by atoms with Crippen LogP contribution in [0.15, 0.2) is 34.7 Å². The summed E-state index contributed by atoms with van der Waals surface area (Å²) >= 11 is 0.313. The summed E-state index contributed by atoms with van der Waals surface area (Å²) in [5.41, 5.74) is 0.187. The number of benzene rings is 1. The summed E-state index contributed by atoms with van der Waals surface area (Å²) in [6.45, 7) is -0.263. The lowest BCUT2D eigenvalue weighted by Crippen LogP contribution is -2.42. The molecule has 2 heterocycles. The van der Waals surface area contributed by atoms with Gasteiger partial charge in [0, 0.05) is 0 Å². The topological polar surface area (TPSA) is 85.4 Å². The fourth-order valence-corrected chi connectivity index (χ4v) is 4.57. The van der Waals surface area contributed by atoms with Crippen molar-refractivity contribution >= 4 is 27.1 Å². The second-order valence-corrected chi connectivity index (χ2v) is 8.06. The number of thiazole rings is 1. The van der Waals surface area contributed by atoms with Gasteiger partial charge in [-0.15, -0.1) is 11.3 Å². The average Bonchev–Trinajstić information content (AvgIpc) is 3.02. The van der Waals surface area contributed by atoms with Crippen molar-refractivity contribution in [2.75, 3.05) is 12.3 Å². The quantitative estimate of drug-likeness (QED) is 0.865. The van der Waals surface area contributed by atoms with Gasteiger partial charge in [0.05, 0.1) is 17.8 Å². The standard InChI is InChI=1S/C14H11F3N2O4S2/c15-14(16,17)12-11(19-7-24-12)13(20)18-5-8-6-25(21,22)10-4-2-1-3-9(10)23-8/h1-4,7-8H,5-6H2,(H,18,20). The van der Waals surface area contributed by atoms with Crippen molar-refractivity contribution in [3.05, 3.63) is 40.3 Å². The minimum atomic E-state index is -4.68. The maximum atomic E-state index is 12.8. The van der Waals surface area contributed by atoms with E-state index in [-0.39, 0.29) is 22.9 Å². The van der Waals surface area contributed by atoms with Crippen LogP contribution >= 0.6 is 11.3 Å². The molecule has 6 nitrogen and oxygen atoms in total. The minimum absolute atomic E-state index is 0.0523. The minimum Gasteiger partial charge on any atom is -0.486 e. The van der Waals surface area contributed by atoms with Crippen molar-refractivity contribution in [2.45, 2.75) is 17.2 Å². The Morgan fingerprint density at radius 1 is 1.36 bits per heavy atom. The van der Waals surface area contributed by atoms with Crippen LogP contribution < -0.4 is 10.1 Å². The van der Waals surface area contributed by atoms with E-state index in [1.54, 1.807) is 12.1 Å². The molecule has 2 aromatic rings. The molecule has 0 radical (unpaired) electrons. The molecule has 1 aliphatic heterocycles. The van der Waals surface area contributed by atoms with Crippen molar-refractivity contribution in [1.29, 1.82) is 0 Å². The largest absolute Gasteiger partial charge is 0.486 e. The first-order chi connectivity index (χ1) is 11.7. The Balaban J connectivity index is 1.71. The highest BCUT2D eigenvalue weighted by Gasteiger charge is 2.38. The first kappa shape index (κ1) is 17.7. The van der Waals surface area contributed by atoms with Crippen LogP contribution in [-0.2, 0) is 16.0 Å². The van der Waals surface area contributed by atoms with Crippen molar-refractivity contribution in [3.8, 4) is 5.75 Å². The number of hydrogen-bond acceptors (Lipinski definition) is 6. The summed E-state index contributed by atoms with van der Waals surface area (Å²) in [5, 5.41) is 2.25. The smallest absolute Gasteiger partial charge is 0.427 e. The van der Waals surface area contributed by atoms with Gasteiger partial charge in [0.1, 0.15) is 21.6 Å². The lowest BCUT2D eigenvalue weighted by Gasteiger charge is -2.26. The number of ether oxygens (including phenoxy) is 1. The number of hydrogen-bond donors (Lipinski definition) is 1. The normalized spacial score (nSPS) is 18.9. The number of sulfone groups is 1. The van der Waals surface area contributed by atoms with E-state index in [0.29, 0.717) is 11.3 Å². The van der Waals surface area contributed by atoms with Gasteiger partial charge in [0.2, 0.25) is 0 Å². The molecule has 1 aromatic heterocycles. The second kappa shape index (κ2) is 6.30. The van der Waals surface area contributed by atoms with Crippen molar-refractivity contribution < 1.29 is 31.1 Å². The maximum Gasteiger partial charge on any atom is 0.427 e. The number of rotatable bonds is 3. The Morgan fingerprint density at radius 2 is 2.08 bits per heavy atom. The first-order valence-electron chi connectivity index (χ1n) is 6.96. The van der Waals surface area contributed by atoms with E-state index < -0.39 is 38.6 Å². The van der Waals surface area contributed by atoms with Gasteiger partial charge in [-0.2, -0.15) is 13.2 Å². The summed E-state index contributed by atoms with van der Waals surface area (Å²) in [6, 6.07) is 6.04. The highest BCUT2D eigenvalue weighted by Crippen LogP contribution is 2.35. The summed E-state index contributed by atoms with van der Waals surface area (Å²) in [4.78, 5) is 14.3. The average molecular weight is 392 g/mol. The highest BCUT2D eigenvalue weighted by atomic mass is 32.2. The molecule has 25 heavy (non-hydrogen) atoms. The summed E-state index contributed by atoms with van der Waals surface area (Å²) in [5.74, 6) is -1.26. The third kappa shape index (κ3) is 3.61. The Morgan fingerprint density at radius 3 is 2.80 bits per heavy atom. The lowest BCUT2D eigenvalue weighted by atomic mass is 10.3. The number of carbonyl (C=O) groups excluding carboxylic acids is 1. The monoisotopic (exact) mass is 392 g/mol. The van der Waals surface area contributed by atoms with E-state index >= 15 is 0 Å². The van der Waals surface area contributed by atoms with Crippen LogP contribution in [0.3, 0.4) is 0 Å². The van der Waals surface area contributed by atoms with Crippen LogP contribution in [0.2, 0.25) is 0 Å². The van der Waals surface area contributed by atoms with Gasteiger partial charge in [-0.25, -0.2) is 13.4 Å². The number of nitrogens with one attached hydrogen (secondary N) is 1. The summed E-state index contributed by atoms with van der Waals surface area (Å²) in [7, 11) is -3.59. The van der Waals surface area contributed by atoms with Gasteiger partial charge in [-0.1, -0.05) is 12.1 Å². The zero-order chi connectivity index (χ0) is 18.2. The van der Waals surface area contributed by atoms with Gasteiger partial charge in [-0.05, 0) is 12.1 Å². The SMILES string of the molecule is O=C(NCC1CS(=O)(=O)c2ccccc2O1)c1ncsc1C(F)(F)F. The molecule has 1 atom stereocenters. The van der Waals surface area contributed by atoms with Crippen molar-refractivity contribution in [3.63, 3.8) is 0 Å². The molecule has 0 fully saturated rings. The number of halogens is 3. The Hall–Kier alpha value is -2.14. The molecule has 3 rings (SSSR count). The zero-order valence-corrected chi connectivity index (χ0v) is 14.0. The molecular weight excluding hydrogens is 381 g/mol. The molecule has 0 saturated heterocycles. The molecule has 1 N–H and O–H groups in total. The molecule has 0 bridgehead atoms. The molecule has 1 amide bonds. The molecular formula is C14H11F3N2O4S2. The number of para-hydroxylation sites is 1. The molecule has 134 valence electrons. The third-order valence-electron chi connectivity index (χ3n) is 3.41. The van der Waals surface area contributed by atoms with Crippen LogP contribution in [0.5, 0.6) is 5.75 Å². The van der Waals surface area contributed by atoms with Gasteiger partial charge in [-0.3, -0.25) is 4.79 Å². The number of alkyl halides is 3. The molecule has 1 aliphatic rings. The first-order valence-corrected chi connectivity index (χ1v) is 9.49. The van der Waals surface area contributed by atoms with Crippen LogP contribution in [0.1, 0.15) is 15.4 Å². The summed E-state index contributed by atoms with van der Waals surface area (Å²) in [6.07, 6.45) is -5.59. The number of aromatic nitrogens is 1. The van der Waals surface area contributed by atoms with E-state index in [9.17, 15) is 26.4 Å². The lowest BCUT2D eigenvalue weighted by molar-refractivity contribution is -0.134. The molecule has 1 unspecified atom stereocenters. The zero-order valence-electron chi connectivity index (χ0n) is 12.4. The van der Waals surface area contributed by atoms with Crippen LogP contribution in [-0.4, -0.2) is 37.7 Å². The van der Waals surface area contributed by atoms with E-state index in [1.807, 2.05) is 0 Å². The number of nitrogens with zero attached hydrogens (tertiary/aromatic N) is 1.